The van der Waals surface area contributed by atoms with Crippen LogP contribution in [0.4, 0.5) is 5.69 Å². The summed E-state index contributed by atoms with van der Waals surface area (Å²) in [6.45, 7) is 0. The molecule has 100 valence electrons. The summed E-state index contributed by atoms with van der Waals surface area (Å²) < 4.78 is 1.60. The number of aromatic nitrogens is 3. The summed E-state index contributed by atoms with van der Waals surface area (Å²) in [5, 5.41) is 26.5. The number of aromatic carboxylic acids is 1. The van der Waals surface area contributed by atoms with E-state index in [1.807, 2.05) is 0 Å². The SMILES string of the molecule is Cn1ncc2c(NC3CC(O)C3)c(C(=O)O)cnc21. The quantitative estimate of drug-likeness (QED) is 0.749. The minimum atomic E-state index is -1.03. The van der Waals surface area contributed by atoms with E-state index in [1.54, 1.807) is 17.9 Å². The van der Waals surface area contributed by atoms with Gasteiger partial charge in [0.05, 0.1) is 23.4 Å². The average Bonchev–Trinajstić information content (AvgIpc) is 2.69. The van der Waals surface area contributed by atoms with Crippen LogP contribution in [-0.4, -0.2) is 43.1 Å². The van der Waals surface area contributed by atoms with Crippen molar-refractivity contribution in [2.75, 3.05) is 5.32 Å². The van der Waals surface area contributed by atoms with Crippen molar-refractivity contribution in [3.63, 3.8) is 0 Å². The number of pyridine rings is 1. The predicted molar refractivity (Wildman–Crippen MR) is 68.1 cm³/mol. The van der Waals surface area contributed by atoms with Crippen LogP contribution in [0.2, 0.25) is 0 Å². The van der Waals surface area contributed by atoms with Gasteiger partial charge in [0.2, 0.25) is 0 Å². The van der Waals surface area contributed by atoms with Crippen LogP contribution in [0.25, 0.3) is 11.0 Å². The first-order valence-corrected chi connectivity index (χ1v) is 6.05. The number of carbonyl (C=O) groups is 1. The monoisotopic (exact) mass is 262 g/mol. The van der Waals surface area contributed by atoms with Crippen LogP contribution in [0.5, 0.6) is 0 Å². The summed E-state index contributed by atoms with van der Waals surface area (Å²) >= 11 is 0. The standard InChI is InChI=1S/C12H14N4O3/c1-16-11-8(5-14-16)10(9(4-13-11)12(18)19)15-6-2-7(17)3-6/h4-7,17H,2-3H2,1H3,(H,13,15)(H,18,19). The molecular weight excluding hydrogens is 248 g/mol. The third-order valence-electron chi connectivity index (χ3n) is 3.45. The Morgan fingerprint density at radius 2 is 2.21 bits per heavy atom. The molecule has 1 fully saturated rings. The molecule has 2 aromatic rings. The van der Waals surface area contributed by atoms with E-state index < -0.39 is 5.97 Å². The van der Waals surface area contributed by atoms with E-state index in [0.29, 0.717) is 29.6 Å². The lowest BCUT2D eigenvalue weighted by Gasteiger charge is -2.33. The highest BCUT2D eigenvalue weighted by atomic mass is 16.4. The second-order valence-corrected chi connectivity index (χ2v) is 4.82. The molecule has 0 radical (unpaired) electrons. The number of anilines is 1. The first kappa shape index (κ1) is 11.9. The number of aliphatic hydroxyl groups is 1. The van der Waals surface area contributed by atoms with Crippen LogP contribution in [0.3, 0.4) is 0 Å². The third-order valence-corrected chi connectivity index (χ3v) is 3.45. The smallest absolute Gasteiger partial charge is 0.339 e. The lowest BCUT2D eigenvalue weighted by Crippen LogP contribution is -2.39. The lowest BCUT2D eigenvalue weighted by atomic mass is 9.89. The second kappa shape index (κ2) is 4.20. The fourth-order valence-electron chi connectivity index (χ4n) is 2.32. The number of fused-ring (bicyclic) bond motifs is 1. The van der Waals surface area contributed by atoms with Gasteiger partial charge in [0.15, 0.2) is 5.65 Å². The van der Waals surface area contributed by atoms with E-state index >= 15 is 0 Å². The van der Waals surface area contributed by atoms with Gasteiger partial charge in [-0.25, -0.2) is 9.78 Å². The zero-order valence-electron chi connectivity index (χ0n) is 10.4. The van der Waals surface area contributed by atoms with Crippen molar-refractivity contribution < 1.29 is 15.0 Å². The first-order chi connectivity index (χ1) is 9.06. The van der Waals surface area contributed by atoms with E-state index in [9.17, 15) is 15.0 Å². The molecule has 19 heavy (non-hydrogen) atoms. The minimum absolute atomic E-state index is 0.0962. The Morgan fingerprint density at radius 1 is 1.47 bits per heavy atom. The van der Waals surface area contributed by atoms with Crippen LogP contribution in [0.1, 0.15) is 23.2 Å². The maximum absolute atomic E-state index is 11.3. The minimum Gasteiger partial charge on any atom is -0.478 e. The summed E-state index contributed by atoms with van der Waals surface area (Å²) in [6.07, 6.45) is 3.90. The van der Waals surface area contributed by atoms with Crippen molar-refractivity contribution in [3.8, 4) is 0 Å². The fraction of sp³-hybridized carbons (Fsp3) is 0.417. The fourth-order valence-corrected chi connectivity index (χ4v) is 2.32. The number of aliphatic hydroxyl groups excluding tert-OH is 1. The Kier molecular flexibility index (Phi) is 2.63. The molecule has 0 spiro atoms. The van der Waals surface area contributed by atoms with Crippen LogP contribution in [0.15, 0.2) is 12.4 Å². The first-order valence-electron chi connectivity index (χ1n) is 6.05. The molecule has 0 aromatic carbocycles. The summed E-state index contributed by atoms with van der Waals surface area (Å²) in [5.41, 5.74) is 1.29. The van der Waals surface area contributed by atoms with Gasteiger partial charge in [-0.05, 0) is 12.8 Å². The van der Waals surface area contributed by atoms with Crippen molar-refractivity contribution in [1.29, 1.82) is 0 Å². The van der Waals surface area contributed by atoms with E-state index in [0.717, 1.165) is 0 Å². The van der Waals surface area contributed by atoms with Gasteiger partial charge in [0.1, 0.15) is 5.56 Å². The predicted octanol–water partition coefficient (Wildman–Crippen LogP) is 0.602. The van der Waals surface area contributed by atoms with Crippen molar-refractivity contribution in [1.82, 2.24) is 14.8 Å². The van der Waals surface area contributed by atoms with Gasteiger partial charge in [-0.1, -0.05) is 0 Å². The molecule has 0 saturated heterocycles. The topological polar surface area (TPSA) is 100 Å². The third kappa shape index (κ3) is 1.91. The highest BCUT2D eigenvalue weighted by Crippen LogP contribution is 2.30. The maximum atomic E-state index is 11.3. The molecule has 2 heterocycles. The van der Waals surface area contributed by atoms with Crippen LogP contribution in [0, 0.1) is 0 Å². The molecular formula is C12H14N4O3. The summed E-state index contributed by atoms with van der Waals surface area (Å²) in [7, 11) is 1.76. The number of aryl methyl sites for hydroxylation is 1. The highest BCUT2D eigenvalue weighted by molar-refractivity contribution is 6.03. The van der Waals surface area contributed by atoms with Crippen LogP contribution < -0.4 is 5.32 Å². The summed E-state index contributed by atoms with van der Waals surface area (Å²) in [5.74, 6) is -1.03. The van der Waals surface area contributed by atoms with Crippen molar-refractivity contribution >= 4 is 22.7 Å². The number of rotatable bonds is 3. The number of nitrogens with one attached hydrogen (secondary N) is 1. The molecule has 0 bridgehead atoms. The Balaban J connectivity index is 2.06. The molecule has 3 N–H and O–H groups in total. The zero-order valence-corrected chi connectivity index (χ0v) is 10.4. The zero-order chi connectivity index (χ0) is 13.6. The number of carboxylic acids is 1. The molecule has 0 unspecified atom stereocenters. The second-order valence-electron chi connectivity index (χ2n) is 4.82. The van der Waals surface area contributed by atoms with Crippen molar-refractivity contribution in [2.24, 2.45) is 7.05 Å². The highest BCUT2D eigenvalue weighted by Gasteiger charge is 2.29. The van der Waals surface area contributed by atoms with Gasteiger partial charge in [-0.2, -0.15) is 5.10 Å². The molecule has 3 rings (SSSR count). The Bertz CT molecular complexity index is 646. The summed E-state index contributed by atoms with van der Waals surface area (Å²) in [4.78, 5) is 15.4. The largest absolute Gasteiger partial charge is 0.478 e. The molecule has 2 aromatic heterocycles. The van der Waals surface area contributed by atoms with E-state index in [4.69, 9.17) is 0 Å². The normalized spacial score (nSPS) is 22.2. The Labute approximate surface area is 108 Å². The average molecular weight is 262 g/mol. The maximum Gasteiger partial charge on any atom is 0.339 e. The number of nitrogens with zero attached hydrogens (tertiary/aromatic N) is 3. The van der Waals surface area contributed by atoms with Gasteiger partial charge in [0.25, 0.3) is 0 Å². The van der Waals surface area contributed by atoms with Gasteiger partial charge >= 0.3 is 5.97 Å². The van der Waals surface area contributed by atoms with Gasteiger partial charge < -0.3 is 15.5 Å². The Morgan fingerprint density at radius 3 is 2.84 bits per heavy atom. The number of hydrogen-bond acceptors (Lipinski definition) is 5. The summed E-state index contributed by atoms with van der Waals surface area (Å²) in [6, 6.07) is 0.0962. The van der Waals surface area contributed by atoms with E-state index in [1.165, 1.54) is 6.20 Å². The molecule has 1 aliphatic carbocycles. The van der Waals surface area contributed by atoms with E-state index in [-0.39, 0.29) is 17.7 Å². The molecule has 0 atom stereocenters. The number of carboxylic acid groups (broad SMARTS) is 1. The van der Waals surface area contributed by atoms with Gasteiger partial charge in [-0.3, -0.25) is 4.68 Å². The van der Waals surface area contributed by atoms with E-state index in [2.05, 4.69) is 15.4 Å². The molecule has 7 heteroatoms. The van der Waals surface area contributed by atoms with Crippen molar-refractivity contribution in [3.05, 3.63) is 18.0 Å². The molecule has 0 aliphatic heterocycles. The van der Waals surface area contributed by atoms with Gasteiger partial charge in [-0.15, -0.1) is 0 Å². The molecule has 1 aliphatic rings. The molecule has 0 amide bonds. The van der Waals surface area contributed by atoms with Crippen LogP contribution >= 0.6 is 0 Å². The molecule has 7 nitrogen and oxygen atoms in total. The Hall–Kier alpha value is -2.15. The lowest BCUT2D eigenvalue weighted by molar-refractivity contribution is 0.0697. The number of hydrogen-bond donors (Lipinski definition) is 3. The molecule has 1 saturated carbocycles. The van der Waals surface area contributed by atoms with Crippen LogP contribution in [-0.2, 0) is 7.05 Å². The van der Waals surface area contributed by atoms with Crippen molar-refractivity contribution in [2.45, 2.75) is 25.0 Å². The van der Waals surface area contributed by atoms with Gasteiger partial charge in [0, 0.05) is 19.3 Å².